The van der Waals surface area contributed by atoms with Crippen LogP contribution in [0.15, 0.2) is 66.7 Å². The van der Waals surface area contributed by atoms with E-state index in [0.29, 0.717) is 48.6 Å². The van der Waals surface area contributed by atoms with Crippen molar-refractivity contribution >= 4 is 50.2 Å². The average molecular weight is 681 g/mol. The van der Waals surface area contributed by atoms with Crippen LogP contribution >= 0.6 is 23.2 Å². The van der Waals surface area contributed by atoms with E-state index in [9.17, 15) is 31.5 Å². The third-order valence-corrected chi connectivity index (χ3v) is 11.3. The molecule has 0 unspecified atom stereocenters. The Morgan fingerprint density at radius 3 is 1.87 bits per heavy atom. The lowest BCUT2D eigenvalue weighted by Gasteiger charge is -2.33. The third kappa shape index (κ3) is 5.62. The number of nitrogens with zero attached hydrogens (tertiary/aromatic N) is 3. The molecule has 1 aliphatic carbocycles. The highest BCUT2D eigenvalue weighted by Crippen LogP contribution is 2.43. The normalized spacial score (nSPS) is 17.4. The van der Waals surface area contributed by atoms with Gasteiger partial charge in [-0.25, -0.2) is 13.4 Å². The highest BCUT2D eigenvalue weighted by molar-refractivity contribution is 7.90. The molecule has 1 saturated heterocycles. The fraction of sp³-hybridized carbons (Fsp3) is 0.375. The van der Waals surface area contributed by atoms with E-state index < -0.39 is 26.9 Å². The third-order valence-electron chi connectivity index (χ3n) is 9.20. The minimum absolute atomic E-state index is 0.0960. The summed E-state index contributed by atoms with van der Waals surface area (Å²) in [6, 6.07) is 18.8. The number of alkyl halides is 3. The number of sulfonamides is 1. The minimum atomic E-state index is -5.38. The minimum Gasteiger partial charge on any atom is -0.480 e. The summed E-state index contributed by atoms with van der Waals surface area (Å²) in [7, 11) is -5.38. The van der Waals surface area contributed by atoms with Gasteiger partial charge < -0.3 is 9.67 Å². The van der Waals surface area contributed by atoms with Crippen LogP contribution in [0.4, 0.5) is 13.2 Å². The number of aromatic nitrogens is 2. The highest BCUT2D eigenvalue weighted by Gasteiger charge is 2.50. The molecule has 6 rings (SSSR count). The van der Waals surface area contributed by atoms with E-state index in [4.69, 9.17) is 28.2 Å². The molecule has 4 aromatic rings. The predicted octanol–water partition coefficient (Wildman–Crippen LogP) is 7.59. The number of halogens is 5. The van der Waals surface area contributed by atoms with Gasteiger partial charge >= 0.3 is 21.5 Å². The monoisotopic (exact) mass is 679 g/mol. The molecule has 1 N–H and O–H groups in total. The van der Waals surface area contributed by atoms with Crippen molar-refractivity contribution in [2.75, 3.05) is 13.1 Å². The Balaban J connectivity index is 1.44. The number of fused-ring (bicyclic) bond motifs is 1. The average Bonchev–Trinajstić information content (AvgIpc) is 3.30. The van der Waals surface area contributed by atoms with Crippen molar-refractivity contribution in [3.05, 3.63) is 99.3 Å². The maximum atomic E-state index is 13.5. The van der Waals surface area contributed by atoms with E-state index in [-0.39, 0.29) is 37.8 Å². The predicted molar refractivity (Wildman–Crippen MR) is 166 cm³/mol. The zero-order valence-electron chi connectivity index (χ0n) is 24.0. The van der Waals surface area contributed by atoms with Crippen molar-refractivity contribution in [1.29, 1.82) is 0 Å². The number of carbonyl (C=O) groups is 1. The highest BCUT2D eigenvalue weighted by atomic mass is 35.5. The van der Waals surface area contributed by atoms with Gasteiger partial charge in [0, 0.05) is 35.6 Å². The van der Waals surface area contributed by atoms with Crippen molar-refractivity contribution in [2.45, 2.75) is 55.5 Å². The molecule has 0 amide bonds. The number of imidazole rings is 1. The van der Waals surface area contributed by atoms with Crippen LogP contribution in [0, 0.1) is 5.92 Å². The molecule has 0 spiro atoms. The Morgan fingerprint density at radius 2 is 1.40 bits per heavy atom. The second-order valence-electron chi connectivity index (χ2n) is 11.8. The summed E-state index contributed by atoms with van der Waals surface area (Å²) < 4.78 is 66.0. The maximum absolute atomic E-state index is 13.5. The molecule has 0 bridgehead atoms. The van der Waals surface area contributed by atoms with E-state index in [2.05, 4.69) is 4.57 Å². The van der Waals surface area contributed by atoms with E-state index in [1.807, 2.05) is 12.1 Å². The summed E-state index contributed by atoms with van der Waals surface area (Å²) in [5, 5.41) is 11.9. The number of carboxylic acids is 1. The summed E-state index contributed by atoms with van der Waals surface area (Å²) in [6.45, 7) is -0.0233. The van der Waals surface area contributed by atoms with Gasteiger partial charge in [-0.3, -0.25) is 4.79 Å². The topological polar surface area (TPSA) is 92.5 Å². The standard InChI is InChI=1S/C32H30Cl2F3N3O4S/c33-25-9-4-22(5-10-25)31(30(41)42,23-6-11-26(34)12-7-23)24-8-13-27-28(18-24)40(29(38-27)21-2-1-3-21)19-20-14-16-39(17-15-20)45(43,44)32(35,36)37/h4-13,18,20-21H,1-3,14-17,19H2,(H,41,42). The Kier molecular flexibility index (Phi) is 8.43. The SMILES string of the molecule is O=C(O)C(c1ccc(Cl)cc1)(c1ccc(Cl)cc1)c1ccc2nc(C3CCC3)n(CC3CCN(S(=O)(=O)C(F)(F)F)CC3)c2c1. The van der Waals surface area contributed by atoms with Gasteiger partial charge in [0.15, 0.2) is 0 Å². The number of carboxylic acid groups (broad SMARTS) is 1. The van der Waals surface area contributed by atoms with Gasteiger partial charge in [0.2, 0.25) is 0 Å². The Hall–Kier alpha value is -3.12. The first-order chi connectivity index (χ1) is 21.3. The number of piperidine rings is 1. The molecule has 2 heterocycles. The molecule has 1 aromatic heterocycles. The zero-order valence-corrected chi connectivity index (χ0v) is 26.3. The zero-order chi connectivity index (χ0) is 32.1. The molecular weight excluding hydrogens is 650 g/mol. The number of aliphatic carboxylic acids is 1. The lowest BCUT2D eigenvalue weighted by atomic mass is 9.69. The van der Waals surface area contributed by atoms with E-state index >= 15 is 0 Å². The van der Waals surface area contributed by atoms with Gasteiger partial charge in [0.1, 0.15) is 11.2 Å². The molecule has 7 nitrogen and oxygen atoms in total. The van der Waals surface area contributed by atoms with Crippen LogP contribution in [-0.4, -0.2) is 51.9 Å². The molecule has 0 radical (unpaired) electrons. The quantitative estimate of drug-likeness (QED) is 0.194. The summed E-state index contributed by atoms with van der Waals surface area (Å²) >= 11 is 12.4. The molecule has 1 aliphatic heterocycles. The van der Waals surface area contributed by atoms with Crippen LogP contribution in [0.5, 0.6) is 0 Å². The molecule has 13 heteroatoms. The van der Waals surface area contributed by atoms with Crippen molar-refractivity contribution in [3.63, 3.8) is 0 Å². The summed E-state index contributed by atoms with van der Waals surface area (Å²) in [5.41, 5.74) is -4.10. The van der Waals surface area contributed by atoms with Crippen LogP contribution in [0.2, 0.25) is 10.0 Å². The first-order valence-corrected chi connectivity index (χ1v) is 16.8. The second-order valence-corrected chi connectivity index (χ2v) is 14.6. The van der Waals surface area contributed by atoms with Crippen molar-refractivity contribution in [1.82, 2.24) is 13.9 Å². The smallest absolute Gasteiger partial charge is 0.480 e. The van der Waals surface area contributed by atoms with Gasteiger partial charge in [-0.1, -0.05) is 60.0 Å². The van der Waals surface area contributed by atoms with Crippen LogP contribution in [0.3, 0.4) is 0 Å². The van der Waals surface area contributed by atoms with E-state index in [1.54, 1.807) is 54.6 Å². The second kappa shape index (κ2) is 11.9. The summed E-state index contributed by atoms with van der Waals surface area (Å²) in [6.07, 6.45) is 3.48. The van der Waals surface area contributed by atoms with Crippen molar-refractivity contribution in [3.8, 4) is 0 Å². The summed E-state index contributed by atoms with van der Waals surface area (Å²) in [5.74, 6) is -0.127. The molecule has 238 valence electrons. The largest absolute Gasteiger partial charge is 0.511 e. The van der Waals surface area contributed by atoms with Gasteiger partial charge in [-0.2, -0.15) is 17.5 Å². The van der Waals surface area contributed by atoms with Crippen molar-refractivity contribution in [2.24, 2.45) is 5.92 Å². The maximum Gasteiger partial charge on any atom is 0.511 e. The summed E-state index contributed by atoms with van der Waals surface area (Å²) in [4.78, 5) is 18.4. The lowest BCUT2D eigenvalue weighted by Crippen LogP contribution is -2.45. The lowest BCUT2D eigenvalue weighted by molar-refractivity contribution is -0.140. The van der Waals surface area contributed by atoms with Crippen LogP contribution in [-0.2, 0) is 26.8 Å². The van der Waals surface area contributed by atoms with E-state index in [0.717, 1.165) is 25.1 Å². The van der Waals surface area contributed by atoms with E-state index in [1.165, 1.54) is 0 Å². The molecule has 45 heavy (non-hydrogen) atoms. The van der Waals surface area contributed by atoms with Gasteiger partial charge in [-0.05, 0) is 84.7 Å². The van der Waals surface area contributed by atoms with Gasteiger partial charge in [0.05, 0.1) is 11.0 Å². The molecule has 0 atom stereocenters. The van der Waals surface area contributed by atoms with Gasteiger partial charge in [-0.15, -0.1) is 0 Å². The number of benzene rings is 3. The van der Waals surface area contributed by atoms with Crippen LogP contribution in [0.25, 0.3) is 11.0 Å². The number of rotatable bonds is 8. The first kappa shape index (κ1) is 31.8. The van der Waals surface area contributed by atoms with Gasteiger partial charge in [0.25, 0.3) is 0 Å². The first-order valence-electron chi connectivity index (χ1n) is 14.6. The van der Waals surface area contributed by atoms with Crippen LogP contribution in [0.1, 0.15) is 60.5 Å². The molecular formula is C32H30Cl2F3N3O4S. The fourth-order valence-corrected chi connectivity index (χ4v) is 7.79. The van der Waals surface area contributed by atoms with Crippen LogP contribution < -0.4 is 0 Å². The molecule has 2 fully saturated rings. The Labute approximate surface area is 268 Å². The molecule has 3 aromatic carbocycles. The van der Waals surface area contributed by atoms with Crippen molar-refractivity contribution < 1.29 is 31.5 Å². The molecule has 2 aliphatic rings. The number of hydrogen-bond acceptors (Lipinski definition) is 4. The Morgan fingerprint density at radius 1 is 0.867 bits per heavy atom. The number of hydrogen-bond donors (Lipinski definition) is 1. The fourth-order valence-electron chi connectivity index (χ4n) is 6.55. The Bertz CT molecular complexity index is 1790. The molecule has 1 saturated carbocycles.